The molecule has 0 aliphatic heterocycles. The molecule has 1 unspecified atom stereocenters. The average Bonchev–Trinajstić information content (AvgIpc) is 3.33. The number of benzene rings is 3. The summed E-state index contributed by atoms with van der Waals surface area (Å²) in [4.78, 5) is 28.3. The molecule has 0 saturated carbocycles. The fourth-order valence-electron chi connectivity index (χ4n) is 4.49. The molecule has 0 amide bonds. The first kappa shape index (κ1) is 31.3. The van der Waals surface area contributed by atoms with E-state index in [1.165, 1.54) is 22.9 Å². The Morgan fingerprint density at radius 1 is 1.00 bits per heavy atom. The van der Waals surface area contributed by atoms with Crippen molar-refractivity contribution in [1.82, 2.24) is 19.3 Å². The number of hydrogen-bond acceptors (Lipinski definition) is 7. The second-order valence-electron chi connectivity index (χ2n) is 9.83. The molecule has 9 nitrogen and oxygen atoms in total. The number of ether oxygens (including phenoxy) is 3. The normalized spacial score (nSPS) is 12.3. The quantitative estimate of drug-likeness (QED) is 0.121. The van der Waals surface area contributed by atoms with Gasteiger partial charge in [0.1, 0.15) is 18.6 Å². The van der Waals surface area contributed by atoms with E-state index in [0.29, 0.717) is 0 Å². The van der Waals surface area contributed by atoms with E-state index in [-0.39, 0.29) is 53.9 Å². The second-order valence-corrected chi connectivity index (χ2v) is 9.83. The molecule has 0 saturated heterocycles. The summed E-state index contributed by atoms with van der Waals surface area (Å²) in [6.45, 7) is 2.95. The molecule has 2 heterocycles. The predicted octanol–water partition coefficient (Wildman–Crippen LogP) is 6.53. The van der Waals surface area contributed by atoms with Crippen LogP contribution >= 0.6 is 0 Å². The fraction of sp³-hybridized carbons (Fsp3) is 0.226. The summed E-state index contributed by atoms with van der Waals surface area (Å²) in [6.07, 6.45) is -5.69. The zero-order valence-corrected chi connectivity index (χ0v) is 23.8. The van der Waals surface area contributed by atoms with Gasteiger partial charge in [0.05, 0.1) is 17.7 Å². The van der Waals surface area contributed by atoms with Crippen LogP contribution in [0.25, 0.3) is 16.5 Å². The molecular weight excluding hydrogens is 603 g/mol. The summed E-state index contributed by atoms with van der Waals surface area (Å²) < 4.78 is 88.9. The van der Waals surface area contributed by atoms with Crippen molar-refractivity contribution in [3.8, 4) is 23.1 Å². The van der Waals surface area contributed by atoms with Crippen LogP contribution in [0.3, 0.4) is 0 Å². The highest BCUT2D eigenvalue weighted by Crippen LogP contribution is 2.39. The van der Waals surface area contributed by atoms with Crippen LogP contribution < -0.4 is 15.2 Å². The van der Waals surface area contributed by atoms with Gasteiger partial charge in [-0.25, -0.2) is 18.6 Å². The monoisotopic (exact) mass is 628 g/mol. The molecule has 14 heteroatoms. The number of rotatable bonds is 11. The third-order valence-electron chi connectivity index (χ3n) is 6.74. The first-order valence-corrected chi connectivity index (χ1v) is 13.6. The van der Waals surface area contributed by atoms with E-state index in [4.69, 9.17) is 14.2 Å². The smallest absolute Gasteiger partial charge is 0.425 e. The molecule has 1 atom stereocenters. The molecular formula is C31H25F5N4O5. The van der Waals surface area contributed by atoms with Crippen LogP contribution in [0.2, 0.25) is 0 Å². The van der Waals surface area contributed by atoms with Crippen LogP contribution in [0, 0.1) is 11.6 Å². The van der Waals surface area contributed by atoms with Crippen LogP contribution in [-0.4, -0.2) is 37.9 Å². The molecule has 0 bridgehead atoms. The van der Waals surface area contributed by atoms with E-state index >= 15 is 0 Å². The summed E-state index contributed by atoms with van der Waals surface area (Å²) in [5.74, 6) is -4.07. The van der Waals surface area contributed by atoms with Gasteiger partial charge in [-0.2, -0.15) is 17.9 Å². The van der Waals surface area contributed by atoms with Crippen LogP contribution in [0.5, 0.6) is 17.4 Å². The molecule has 5 rings (SSSR count). The molecule has 0 spiro atoms. The number of carbonyl (C=O) groups excluding carboxylic acids is 1. The Labute approximate surface area is 252 Å². The number of carbonyl (C=O) groups is 1. The van der Waals surface area contributed by atoms with E-state index in [2.05, 4.69) is 10.1 Å². The minimum atomic E-state index is -4.79. The minimum absolute atomic E-state index is 0.0328. The number of hydrogen-bond donors (Lipinski definition) is 0. The van der Waals surface area contributed by atoms with Gasteiger partial charge in [-0.3, -0.25) is 9.36 Å². The maximum absolute atomic E-state index is 14.6. The number of pyridine rings is 1. The molecule has 45 heavy (non-hydrogen) atoms. The van der Waals surface area contributed by atoms with Gasteiger partial charge >= 0.3 is 11.9 Å². The Balaban J connectivity index is 1.59. The minimum Gasteiger partial charge on any atom is -0.480 e. The van der Waals surface area contributed by atoms with E-state index in [9.17, 15) is 31.5 Å². The molecule has 3 aromatic carbocycles. The molecule has 0 fully saturated rings. The third-order valence-corrected chi connectivity index (χ3v) is 6.74. The Morgan fingerprint density at radius 2 is 1.71 bits per heavy atom. The highest BCUT2D eigenvalue weighted by atomic mass is 19.4. The zero-order valence-electron chi connectivity index (χ0n) is 23.8. The number of halogens is 5. The third kappa shape index (κ3) is 6.70. The fourth-order valence-corrected chi connectivity index (χ4v) is 4.49. The van der Waals surface area contributed by atoms with Gasteiger partial charge in [0.25, 0.3) is 0 Å². The largest absolute Gasteiger partial charge is 0.480 e. The van der Waals surface area contributed by atoms with Gasteiger partial charge in [0.2, 0.25) is 11.6 Å². The number of fused-ring (bicyclic) bond motifs is 1. The van der Waals surface area contributed by atoms with Crippen molar-refractivity contribution in [3.05, 3.63) is 106 Å². The maximum Gasteiger partial charge on any atom is 0.425 e. The van der Waals surface area contributed by atoms with E-state index in [1.54, 1.807) is 6.92 Å². The van der Waals surface area contributed by atoms with E-state index in [0.717, 1.165) is 35.4 Å². The lowest BCUT2D eigenvalue weighted by molar-refractivity contribution is -0.189. The van der Waals surface area contributed by atoms with Gasteiger partial charge in [-0.1, -0.05) is 30.3 Å². The van der Waals surface area contributed by atoms with Crippen LogP contribution in [0.4, 0.5) is 22.0 Å². The van der Waals surface area contributed by atoms with Crippen LogP contribution in [-0.2, 0) is 24.5 Å². The molecule has 5 aromatic rings. The Hall–Kier alpha value is -5.11. The number of aldehydes is 1. The average molecular weight is 629 g/mol. The molecule has 0 aliphatic carbocycles. The first-order valence-electron chi connectivity index (χ1n) is 13.6. The van der Waals surface area contributed by atoms with Gasteiger partial charge in [-0.15, -0.1) is 5.10 Å². The summed E-state index contributed by atoms with van der Waals surface area (Å²) in [7, 11) is 0. The summed E-state index contributed by atoms with van der Waals surface area (Å²) >= 11 is 0. The maximum atomic E-state index is 14.6. The number of aromatic nitrogens is 4. The Kier molecular flexibility index (Phi) is 8.95. The number of nitrogens with zero attached hydrogens (tertiary/aromatic N) is 4. The van der Waals surface area contributed by atoms with Crippen LogP contribution in [0.1, 0.15) is 35.6 Å². The van der Waals surface area contributed by atoms with Crippen molar-refractivity contribution in [2.45, 2.75) is 45.9 Å². The Bertz CT molecular complexity index is 1880. The van der Waals surface area contributed by atoms with Gasteiger partial charge < -0.3 is 14.2 Å². The molecule has 0 radical (unpaired) electrons. The second kappa shape index (κ2) is 12.9. The van der Waals surface area contributed by atoms with Crippen molar-refractivity contribution in [2.75, 3.05) is 0 Å². The van der Waals surface area contributed by atoms with Crippen molar-refractivity contribution in [1.29, 1.82) is 0 Å². The zero-order chi connectivity index (χ0) is 32.3. The lowest BCUT2D eigenvalue weighted by Crippen LogP contribution is -2.31. The van der Waals surface area contributed by atoms with Crippen LogP contribution in [0.15, 0.2) is 71.7 Å². The van der Waals surface area contributed by atoms with Crippen molar-refractivity contribution in [2.24, 2.45) is 0 Å². The SMILES string of the molecule is CCn1c(COCc2ccccc2)nn(-c2cc(OC(C)C(F)(F)F)c3c(Oc4c(F)cc(C=O)cc4F)nccc3c2)c1=O. The van der Waals surface area contributed by atoms with Crippen molar-refractivity contribution in [3.63, 3.8) is 0 Å². The summed E-state index contributed by atoms with van der Waals surface area (Å²) in [5.41, 5.74) is 0.0642. The highest BCUT2D eigenvalue weighted by molar-refractivity contribution is 5.94. The molecule has 0 N–H and O–H groups in total. The number of alkyl halides is 3. The van der Waals surface area contributed by atoms with Gasteiger partial charge in [-0.05, 0) is 49.1 Å². The Morgan fingerprint density at radius 3 is 2.36 bits per heavy atom. The predicted molar refractivity (Wildman–Crippen MR) is 152 cm³/mol. The lowest BCUT2D eigenvalue weighted by Gasteiger charge is -2.20. The molecule has 2 aromatic heterocycles. The van der Waals surface area contributed by atoms with Gasteiger partial charge in [0, 0.05) is 24.4 Å². The van der Waals surface area contributed by atoms with Crippen molar-refractivity contribution < 1.29 is 41.0 Å². The van der Waals surface area contributed by atoms with Crippen molar-refractivity contribution >= 4 is 17.1 Å². The topological polar surface area (TPSA) is 97.5 Å². The van der Waals surface area contributed by atoms with E-state index < -0.39 is 47.0 Å². The van der Waals surface area contributed by atoms with Gasteiger partial charge in [0.15, 0.2) is 23.6 Å². The summed E-state index contributed by atoms with van der Waals surface area (Å²) in [5, 5.41) is 4.37. The first-order chi connectivity index (χ1) is 21.5. The molecule has 0 aliphatic rings. The standard InChI is InChI=1S/C31H25F5N4O5/c1-3-39-26(17-43-16-19-7-5-4-6-8-19)38-40(30(39)42)22-13-21-9-10-37-29(27(21)25(14-22)44-18(2)31(34,35)36)45-28-23(32)11-20(15-41)12-24(28)33/h4-15,18H,3,16-17H2,1-2H3. The van der Waals surface area contributed by atoms with E-state index in [1.807, 2.05) is 30.3 Å². The lowest BCUT2D eigenvalue weighted by atomic mass is 10.1. The summed E-state index contributed by atoms with van der Waals surface area (Å²) in [6, 6.07) is 14.7. The highest BCUT2D eigenvalue weighted by Gasteiger charge is 2.38. The molecule has 234 valence electrons.